The molecule has 0 unspecified atom stereocenters. The largest absolute Gasteiger partial charge is 0.480 e. The van der Waals surface area contributed by atoms with Gasteiger partial charge in [0.25, 0.3) is 0 Å². The van der Waals surface area contributed by atoms with E-state index in [1.54, 1.807) is 11.3 Å². The minimum atomic E-state index is -1.16. The number of carbonyl (C=O) groups excluding carboxylic acids is 1. The van der Waals surface area contributed by atoms with Gasteiger partial charge in [-0.05, 0) is 19.1 Å². The van der Waals surface area contributed by atoms with Crippen LogP contribution in [0.2, 0.25) is 0 Å². The van der Waals surface area contributed by atoms with Crippen molar-refractivity contribution in [2.75, 3.05) is 6.61 Å². The molecule has 1 heterocycles. The van der Waals surface area contributed by atoms with Gasteiger partial charge in [0.1, 0.15) is 6.04 Å². The van der Waals surface area contributed by atoms with Crippen LogP contribution in [0.4, 0.5) is 4.79 Å². The zero-order valence-electron chi connectivity index (χ0n) is 9.97. The van der Waals surface area contributed by atoms with E-state index in [4.69, 9.17) is 10.2 Å². The number of urea groups is 1. The molecular weight excluding hydrogens is 256 g/mol. The number of thiophene rings is 1. The topological polar surface area (TPSA) is 98.7 Å². The summed E-state index contributed by atoms with van der Waals surface area (Å²) in [7, 11) is 0. The summed E-state index contributed by atoms with van der Waals surface area (Å²) in [4.78, 5) is 24.3. The molecular formula is C11H16N2O4S. The van der Waals surface area contributed by atoms with Crippen LogP contribution in [0.25, 0.3) is 0 Å². The van der Waals surface area contributed by atoms with E-state index in [1.165, 1.54) is 0 Å². The highest BCUT2D eigenvalue weighted by molar-refractivity contribution is 7.11. The Morgan fingerprint density at radius 1 is 1.44 bits per heavy atom. The second kappa shape index (κ2) is 6.97. The van der Waals surface area contributed by atoms with Gasteiger partial charge in [-0.2, -0.15) is 0 Å². The minimum absolute atomic E-state index is 0.0130. The number of hydrogen-bond donors (Lipinski definition) is 4. The smallest absolute Gasteiger partial charge is 0.326 e. The molecule has 2 amide bonds. The van der Waals surface area contributed by atoms with E-state index in [0.29, 0.717) is 6.54 Å². The molecule has 0 radical (unpaired) electrons. The second-order valence-electron chi connectivity index (χ2n) is 3.74. The molecule has 4 N–H and O–H groups in total. The van der Waals surface area contributed by atoms with Gasteiger partial charge in [0.15, 0.2) is 0 Å². The van der Waals surface area contributed by atoms with Crippen LogP contribution in [0.3, 0.4) is 0 Å². The SMILES string of the molecule is Cc1ccc(CNC(=O)N[C@@H](CCO)C(=O)O)s1. The quantitative estimate of drug-likeness (QED) is 0.612. The van der Waals surface area contributed by atoms with Crippen molar-refractivity contribution in [1.82, 2.24) is 10.6 Å². The first kappa shape index (κ1) is 14.5. The number of carboxylic acids is 1. The zero-order chi connectivity index (χ0) is 13.5. The highest BCUT2D eigenvalue weighted by atomic mass is 32.1. The van der Waals surface area contributed by atoms with Gasteiger partial charge in [-0.1, -0.05) is 0 Å². The molecule has 1 aromatic heterocycles. The molecule has 0 aliphatic rings. The number of aliphatic hydroxyl groups excluding tert-OH is 1. The van der Waals surface area contributed by atoms with Crippen molar-refractivity contribution in [3.8, 4) is 0 Å². The molecule has 0 aromatic carbocycles. The first-order valence-electron chi connectivity index (χ1n) is 5.46. The number of aliphatic hydroxyl groups is 1. The van der Waals surface area contributed by atoms with Crippen LogP contribution < -0.4 is 10.6 Å². The lowest BCUT2D eigenvalue weighted by Crippen LogP contribution is -2.46. The van der Waals surface area contributed by atoms with Gasteiger partial charge in [-0.25, -0.2) is 9.59 Å². The second-order valence-corrected chi connectivity index (χ2v) is 5.11. The third-order valence-corrected chi connectivity index (χ3v) is 3.24. The van der Waals surface area contributed by atoms with Crippen molar-refractivity contribution in [3.63, 3.8) is 0 Å². The Morgan fingerprint density at radius 2 is 2.17 bits per heavy atom. The molecule has 0 saturated heterocycles. The fraction of sp³-hybridized carbons (Fsp3) is 0.455. The number of aliphatic carboxylic acids is 1. The summed E-state index contributed by atoms with van der Waals surface area (Å²) in [6.45, 7) is 2.03. The summed E-state index contributed by atoms with van der Waals surface area (Å²) in [6.07, 6.45) is -0.0130. The Morgan fingerprint density at radius 3 is 2.67 bits per heavy atom. The maximum atomic E-state index is 11.5. The molecule has 0 saturated carbocycles. The molecule has 0 bridgehead atoms. The summed E-state index contributed by atoms with van der Waals surface area (Å²) in [5.74, 6) is -1.16. The van der Waals surface area contributed by atoms with Crippen LogP contribution in [0.15, 0.2) is 12.1 Å². The lowest BCUT2D eigenvalue weighted by molar-refractivity contribution is -0.139. The maximum absolute atomic E-state index is 11.5. The van der Waals surface area contributed by atoms with Crippen LogP contribution in [-0.2, 0) is 11.3 Å². The minimum Gasteiger partial charge on any atom is -0.480 e. The summed E-state index contributed by atoms with van der Waals surface area (Å²) in [5.41, 5.74) is 0. The zero-order valence-corrected chi connectivity index (χ0v) is 10.8. The van der Waals surface area contributed by atoms with Gasteiger partial charge in [-0.3, -0.25) is 0 Å². The van der Waals surface area contributed by atoms with Crippen molar-refractivity contribution in [2.24, 2.45) is 0 Å². The number of hydrogen-bond acceptors (Lipinski definition) is 4. The Labute approximate surface area is 109 Å². The van der Waals surface area contributed by atoms with Gasteiger partial charge < -0.3 is 20.8 Å². The number of amides is 2. The van der Waals surface area contributed by atoms with Crippen molar-refractivity contribution in [3.05, 3.63) is 21.9 Å². The van der Waals surface area contributed by atoms with E-state index in [2.05, 4.69) is 10.6 Å². The van der Waals surface area contributed by atoms with E-state index in [1.807, 2.05) is 19.1 Å². The Hall–Kier alpha value is -1.60. The molecule has 0 aliphatic carbocycles. The highest BCUT2D eigenvalue weighted by Gasteiger charge is 2.18. The first-order valence-corrected chi connectivity index (χ1v) is 6.28. The normalized spacial score (nSPS) is 11.9. The predicted octanol–water partition coefficient (Wildman–Crippen LogP) is 0.691. The van der Waals surface area contributed by atoms with E-state index in [0.717, 1.165) is 9.75 Å². The summed E-state index contributed by atoms with van der Waals surface area (Å²) >= 11 is 1.57. The summed E-state index contributed by atoms with van der Waals surface area (Å²) < 4.78 is 0. The highest BCUT2D eigenvalue weighted by Crippen LogP contribution is 2.14. The van der Waals surface area contributed by atoms with Crippen LogP contribution >= 0.6 is 11.3 Å². The van der Waals surface area contributed by atoms with Crippen LogP contribution in [0.1, 0.15) is 16.2 Å². The van der Waals surface area contributed by atoms with Gasteiger partial charge in [-0.15, -0.1) is 11.3 Å². The fourth-order valence-electron chi connectivity index (χ4n) is 1.34. The number of aryl methyl sites for hydroxylation is 1. The molecule has 1 atom stereocenters. The molecule has 7 heteroatoms. The van der Waals surface area contributed by atoms with E-state index < -0.39 is 18.0 Å². The third kappa shape index (κ3) is 4.72. The van der Waals surface area contributed by atoms with E-state index in [-0.39, 0.29) is 13.0 Å². The van der Waals surface area contributed by atoms with E-state index in [9.17, 15) is 9.59 Å². The first-order chi connectivity index (χ1) is 8.52. The van der Waals surface area contributed by atoms with Crippen LogP contribution in [-0.4, -0.2) is 34.9 Å². The molecule has 0 spiro atoms. The average Bonchev–Trinajstić information content (AvgIpc) is 2.72. The van der Waals surface area contributed by atoms with Crippen LogP contribution in [0, 0.1) is 6.92 Å². The Bertz CT molecular complexity index is 419. The number of carboxylic acid groups (broad SMARTS) is 1. The fourth-order valence-corrected chi connectivity index (χ4v) is 2.17. The number of carbonyl (C=O) groups is 2. The standard InChI is InChI=1S/C11H16N2O4S/c1-7-2-3-8(18-7)6-12-11(17)13-9(4-5-14)10(15)16/h2-3,9,14H,4-6H2,1H3,(H,15,16)(H2,12,13,17)/t9-/m0/s1. The Kier molecular flexibility index (Phi) is 5.60. The molecule has 1 rings (SSSR count). The maximum Gasteiger partial charge on any atom is 0.326 e. The molecule has 0 fully saturated rings. The van der Waals surface area contributed by atoms with Gasteiger partial charge >= 0.3 is 12.0 Å². The Balaban J connectivity index is 2.38. The van der Waals surface area contributed by atoms with Gasteiger partial charge in [0.05, 0.1) is 6.54 Å². The number of rotatable bonds is 6. The summed E-state index contributed by atoms with van der Waals surface area (Å²) in [5, 5.41) is 22.3. The predicted molar refractivity (Wildman–Crippen MR) is 67.6 cm³/mol. The van der Waals surface area contributed by atoms with Gasteiger partial charge in [0, 0.05) is 22.8 Å². The van der Waals surface area contributed by atoms with Crippen molar-refractivity contribution in [2.45, 2.75) is 25.9 Å². The number of nitrogens with one attached hydrogen (secondary N) is 2. The molecule has 1 aromatic rings. The average molecular weight is 272 g/mol. The van der Waals surface area contributed by atoms with Crippen LogP contribution in [0.5, 0.6) is 0 Å². The molecule has 0 aliphatic heterocycles. The third-order valence-electron chi connectivity index (χ3n) is 2.24. The lowest BCUT2D eigenvalue weighted by Gasteiger charge is -2.13. The van der Waals surface area contributed by atoms with Crippen molar-refractivity contribution in [1.29, 1.82) is 0 Å². The monoisotopic (exact) mass is 272 g/mol. The lowest BCUT2D eigenvalue weighted by atomic mass is 10.2. The van der Waals surface area contributed by atoms with Gasteiger partial charge in [0.2, 0.25) is 0 Å². The molecule has 18 heavy (non-hydrogen) atoms. The van der Waals surface area contributed by atoms with Crippen molar-refractivity contribution < 1.29 is 19.8 Å². The van der Waals surface area contributed by atoms with Crippen molar-refractivity contribution >= 4 is 23.3 Å². The van der Waals surface area contributed by atoms with E-state index >= 15 is 0 Å². The summed E-state index contributed by atoms with van der Waals surface area (Å²) in [6, 6.07) is 2.23. The molecule has 100 valence electrons. The molecule has 6 nitrogen and oxygen atoms in total.